The third-order valence-corrected chi connectivity index (χ3v) is 7.83. The topological polar surface area (TPSA) is 83.6 Å². The lowest BCUT2D eigenvalue weighted by molar-refractivity contribution is 0.509. The van der Waals surface area contributed by atoms with Gasteiger partial charge in [0.1, 0.15) is 0 Å². The van der Waals surface area contributed by atoms with Crippen molar-refractivity contribution in [1.29, 1.82) is 0 Å². The highest BCUT2D eigenvalue weighted by Crippen LogP contribution is 2.18. The number of nitrogens with zero attached hydrogens (tertiary/aromatic N) is 1. The van der Waals surface area contributed by atoms with Gasteiger partial charge in [-0.1, -0.05) is 37.8 Å². The Morgan fingerprint density at radius 1 is 0.960 bits per heavy atom. The fraction of sp³-hybridized carbons (Fsp3) is 0.647. The number of benzene rings is 1. The first-order chi connectivity index (χ1) is 11.7. The van der Waals surface area contributed by atoms with Crippen LogP contribution in [0, 0.1) is 0 Å². The smallest absolute Gasteiger partial charge is 0.212 e. The summed E-state index contributed by atoms with van der Waals surface area (Å²) in [6.07, 6.45) is 6.71. The molecule has 25 heavy (non-hydrogen) atoms. The van der Waals surface area contributed by atoms with E-state index in [-0.39, 0.29) is 16.7 Å². The molecule has 1 aromatic rings. The van der Waals surface area contributed by atoms with E-state index in [1.165, 1.54) is 39.1 Å². The predicted molar refractivity (Wildman–Crippen MR) is 99.4 cm³/mol. The van der Waals surface area contributed by atoms with Gasteiger partial charge < -0.3 is 0 Å². The van der Waals surface area contributed by atoms with E-state index in [0.717, 1.165) is 35.6 Å². The van der Waals surface area contributed by atoms with Crippen molar-refractivity contribution in [2.75, 3.05) is 19.8 Å². The fourth-order valence-corrected chi connectivity index (χ4v) is 5.27. The minimum absolute atomic E-state index is 0.0171. The summed E-state index contributed by atoms with van der Waals surface area (Å²) in [7, 11) is -3.82. The summed E-state index contributed by atoms with van der Waals surface area (Å²) >= 11 is 0. The fourth-order valence-electron chi connectivity index (χ4n) is 3.00. The Kier molecular flexibility index (Phi) is 7.01. The van der Waals surface area contributed by atoms with Gasteiger partial charge in [-0.15, -0.1) is 0 Å². The second-order valence-electron chi connectivity index (χ2n) is 6.81. The lowest BCUT2D eigenvalue weighted by Gasteiger charge is -2.16. The summed E-state index contributed by atoms with van der Waals surface area (Å²) < 4.78 is 52.6. The van der Waals surface area contributed by atoms with Crippen molar-refractivity contribution < 1.29 is 16.8 Å². The number of nitrogens with one attached hydrogen (secondary N) is 1. The van der Waals surface area contributed by atoms with Crippen molar-refractivity contribution in [3.8, 4) is 0 Å². The van der Waals surface area contributed by atoms with Gasteiger partial charge in [-0.3, -0.25) is 0 Å². The molecule has 1 aliphatic carbocycles. The number of hydrogen-bond acceptors (Lipinski definition) is 4. The van der Waals surface area contributed by atoms with E-state index in [2.05, 4.69) is 4.72 Å². The lowest BCUT2D eigenvalue weighted by Crippen LogP contribution is -2.36. The molecule has 0 saturated heterocycles. The van der Waals surface area contributed by atoms with Gasteiger partial charge in [-0.2, -0.15) is 0 Å². The first kappa shape index (κ1) is 20.4. The number of hydrogen-bond donors (Lipinski definition) is 1. The van der Waals surface area contributed by atoms with E-state index in [0.29, 0.717) is 6.42 Å². The molecule has 0 aromatic heterocycles. The van der Waals surface area contributed by atoms with Crippen LogP contribution in [-0.4, -0.2) is 47.0 Å². The molecule has 1 aliphatic rings. The summed E-state index contributed by atoms with van der Waals surface area (Å²) in [6, 6.07) is 6.46. The van der Waals surface area contributed by atoms with Crippen molar-refractivity contribution >= 4 is 20.0 Å². The molecule has 6 nitrogen and oxygen atoms in total. The second-order valence-corrected chi connectivity index (χ2v) is 10.8. The second kappa shape index (κ2) is 8.62. The minimum atomic E-state index is -3.46. The van der Waals surface area contributed by atoms with E-state index in [9.17, 15) is 16.8 Å². The van der Waals surface area contributed by atoms with E-state index in [4.69, 9.17) is 0 Å². The molecule has 0 heterocycles. The average molecular weight is 389 g/mol. The Hall–Kier alpha value is -0.960. The Labute approximate surface area is 151 Å². The highest BCUT2D eigenvalue weighted by molar-refractivity contribution is 7.89. The normalized spacial score (nSPS) is 17.6. The molecule has 0 radical (unpaired) electrons. The third-order valence-electron chi connectivity index (χ3n) is 4.56. The molecular formula is C17H28N2O4S2. The molecular weight excluding hydrogens is 360 g/mol. The van der Waals surface area contributed by atoms with Crippen molar-refractivity contribution in [2.24, 2.45) is 0 Å². The highest BCUT2D eigenvalue weighted by atomic mass is 32.2. The van der Waals surface area contributed by atoms with Crippen molar-refractivity contribution in [3.63, 3.8) is 0 Å². The molecule has 142 valence electrons. The molecule has 0 atom stereocenters. The van der Waals surface area contributed by atoms with Crippen LogP contribution in [0.15, 0.2) is 29.2 Å². The summed E-state index contributed by atoms with van der Waals surface area (Å²) in [4.78, 5) is 0.209. The van der Waals surface area contributed by atoms with Gasteiger partial charge in [-0.05, 0) is 37.0 Å². The zero-order valence-corrected chi connectivity index (χ0v) is 16.6. The summed E-state index contributed by atoms with van der Waals surface area (Å²) in [5.74, 6) is 0.0171. The van der Waals surface area contributed by atoms with E-state index < -0.39 is 20.0 Å². The van der Waals surface area contributed by atoms with Gasteiger partial charge in [0.15, 0.2) is 0 Å². The van der Waals surface area contributed by atoms with Crippen molar-refractivity contribution in [2.45, 2.75) is 55.9 Å². The number of aryl methyl sites for hydroxylation is 1. The molecule has 0 amide bonds. The minimum Gasteiger partial charge on any atom is -0.212 e. The van der Waals surface area contributed by atoms with Crippen LogP contribution in [0.5, 0.6) is 0 Å². The number of sulfonamides is 2. The highest BCUT2D eigenvalue weighted by Gasteiger charge is 2.20. The van der Waals surface area contributed by atoms with Crippen LogP contribution in [0.1, 0.15) is 44.1 Å². The van der Waals surface area contributed by atoms with E-state index in [1.807, 2.05) is 0 Å². The molecule has 0 spiro atoms. The molecule has 0 bridgehead atoms. The Bertz CT molecular complexity index is 748. The standard InChI is InChI=1S/C17H28N2O4S2/c1-19(2)25(22,23)17-11-9-15(10-12-17)13-14-24(20,21)18-16-7-5-3-4-6-8-16/h9-12,16,18H,3-8,13-14H2,1-2H3. The maximum Gasteiger partial charge on any atom is 0.242 e. The van der Waals surface area contributed by atoms with E-state index >= 15 is 0 Å². The maximum absolute atomic E-state index is 12.3. The van der Waals surface area contributed by atoms with Gasteiger partial charge in [0, 0.05) is 20.1 Å². The molecule has 1 aromatic carbocycles. The monoisotopic (exact) mass is 388 g/mol. The van der Waals surface area contributed by atoms with E-state index in [1.54, 1.807) is 12.1 Å². The number of rotatable bonds is 7. The van der Waals surface area contributed by atoms with Gasteiger partial charge in [-0.25, -0.2) is 25.9 Å². The quantitative estimate of drug-likeness (QED) is 0.725. The summed E-state index contributed by atoms with van der Waals surface area (Å²) in [6.45, 7) is 0. The Balaban J connectivity index is 1.93. The zero-order valence-electron chi connectivity index (χ0n) is 14.9. The maximum atomic E-state index is 12.3. The summed E-state index contributed by atoms with van der Waals surface area (Å²) in [5.41, 5.74) is 0.809. The zero-order chi connectivity index (χ0) is 18.5. The van der Waals surface area contributed by atoms with Gasteiger partial charge in [0.05, 0.1) is 10.6 Å². The van der Waals surface area contributed by atoms with Crippen LogP contribution < -0.4 is 4.72 Å². The molecule has 2 rings (SSSR count). The van der Waals surface area contributed by atoms with Gasteiger partial charge >= 0.3 is 0 Å². The molecule has 1 saturated carbocycles. The molecule has 0 aliphatic heterocycles. The Morgan fingerprint density at radius 3 is 2.04 bits per heavy atom. The van der Waals surface area contributed by atoms with Crippen molar-refractivity contribution in [1.82, 2.24) is 9.03 Å². The van der Waals surface area contributed by atoms with Crippen LogP contribution in [-0.2, 0) is 26.5 Å². The van der Waals surface area contributed by atoms with Gasteiger partial charge in [0.25, 0.3) is 0 Å². The molecule has 1 fully saturated rings. The van der Waals surface area contributed by atoms with Crippen LogP contribution >= 0.6 is 0 Å². The average Bonchev–Trinajstić information content (AvgIpc) is 2.81. The van der Waals surface area contributed by atoms with Crippen LogP contribution in [0.25, 0.3) is 0 Å². The molecule has 0 unspecified atom stereocenters. The first-order valence-corrected chi connectivity index (χ1v) is 11.8. The lowest BCUT2D eigenvalue weighted by atomic mass is 10.1. The molecule has 8 heteroatoms. The van der Waals surface area contributed by atoms with Gasteiger partial charge in [0.2, 0.25) is 20.0 Å². The SMILES string of the molecule is CN(C)S(=O)(=O)c1ccc(CCS(=O)(=O)NC2CCCCCC2)cc1. The van der Waals surface area contributed by atoms with Crippen molar-refractivity contribution in [3.05, 3.63) is 29.8 Å². The predicted octanol–water partition coefficient (Wildman–Crippen LogP) is 2.12. The van der Waals surface area contributed by atoms with Crippen LogP contribution in [0.3, 0.4) is 0 Å². The van der Waals surface area contributed by atoms with Crippen LogP contribution in [0.2, 0.25) is 0 Å². The largest absolute Gasteiger partial charge is 0.242 e. The Morgan fingerprint density at radius 2 is 1.52 bits per heavy atom. The summed E-state index contributed by atoms with van der Waals surface area (Å²) in [5, 5.41) is 0. The molecule has 1 N–H and O–H groups in total. The third kappa shape index (κ3) is 6.06. The first-order valence-electron chi connectivity index (χ1n) is 8.72. The van der Waals surface area contributed by atoms with Crippen LogP contribution in [0.4, 0.5) is 0 Å².